The molecule has 3 heterocycles. The van der Waals surface area contributed by atoms with Gasteiger partial charge in [0.2, 0.25) is 5.91 Å². The molecule has 4 rings (SSSR count). The zero-order chi connectivity index (χ0) is 19.0. The minimum atomic E-state index is -0.317. The molecular weight excluding hydrogens is 344 g/mol. The molecule has 8 heteroatoms. The van der Waals surface area contributed by atoms with Crippen molar-refractivity contribution in [2.24, 2.45) is 0 Å². The monoisotopic (exact) mass is 364 g/mol. The highest BCUT2D eigenvalue weighted by Crippen LogP contribution is 2.20. The number of aromatic nitrogens is 5. The van der Waals surface area contributed by atoms with Crippen molar-refractivity contribution >= 4 is 28.0 Å². The maximum absolute atomic E-state index is 12.4. The number of benzene rings is 1. The molecule has 1 aromatic carbocycles. The molecule has 0 bridgehead atoms. The van der Waals surface area contributed by atoms with E-state index in [0.29, 0.717) is 5.65 Å². The summed E-state index contributed by atoms with van der Waals surface area (Å²) in [5, 5.41) is 4.18. The van der Waals surface area contributed by atoms with Crippen LogP contribution < -0.4 is 10.9 Å². The van der Waals surface area contributed by atoms with Gasteiger partial charge in [0.05, 0.1) is 12.7 Å². The zero-order valence-electron chi connectivity index (χ0n) is 15.1. The van der Waals surface area contributed by atoms with Crippen LogP contribution in [0.2, 0.25) is 0 Å². The van der Waals surface area contributed by atoms with Crippen molar-refractivity contribution in [2.45, 2.75) is 32.9 Å². The number of carbonyl (C=O) groups is 1. The van der Waals surface area contributed by atoms with Crippen molar-refractivity contribution in [3.8, 4) is 0 Å². The highest BCUT2D eigenvalue weighted by atomic mass is 16.2. The van der Waals surface area contributed by atoms with E-state index in [0.717, 1.165) is 11.9 Å². The molecule has 0 fully saturated rings. The summed E-state index contributed by atoms with van der Waals surface area (Å²) in [6, 6.07) is 6.25. The van der Waals surface area contributed by atoms with Crippen molar-refractivity contribution in [3.05, 3.63) is 58.5 Å². The fourth-order valence-electron chi connectivity index (χ4n) is 3.32. The Bertz CT molecular complexity index is 1190. The molecule has 138 valence electrons. The molecule has 0 spiro atoms. The van der Waals surface area contributed by atoms with Crippen LogP contribution in [0.15, 0.2) is 41.8 Å². The first-order valence-electron chi connectivity index (χ1n) is 8.76. The minimum absolute atomic E-state index is 0.0387. The lowest BCUT2D eigenvalue weighted by atomic mass is 10.0. The van der Waals surface area contributed by atoms with Crippen molar-refractivity contribution in [1.82, 2.24) is 29.8 Å². The number of imidazole rings is 1. The molecule has 0 radical (unpaired) electrons. The van der Waals surface area contributed by atoms with Crippen LogP contribution in [-0.2, 0) is 17.8 Å². The predicted octanol–water partition coefficient (Wildman–Crippen LogP) is 1.66. The van der Waals surface area contributed by atoms with E-state index < -0.39 is 0 Å². The Morgan fingerprint density at radius 1 is 1.30 bits per heavy atom. The van der Waals surface area contributed by atoms with Gasteiger partial charge in [-0.25, -0.2) is 9.97 Å². The van der Waals surface area contributed by atoms with E-state index in [1.807, 2.05) is 13.1 Å². The summed E-state index contributed by atoms with van der Waals surface area (Å²) >= 11 is 0. The van der Waals surface area contributed by atoms with Crippen molar-refractivity contribution in [1.29, 1.82) is 0 Å². The molecule has 0 aliphatic rings. The quantitative estimate of drug-likeness (QED) is 0.500. The molecule has 1 atom stereocenters. The van der Waals surface area contributed by atoms with Crippen LogP contribution in [0, 0.1) is 6.92 Å². The van der Waals surface area contributed by atoms with Gasteiger partial charge in [-0.3, -0.25) is 9.59 Å². The Hall–Kier alpha value is -3.42. The second-order valence-electron chi connectivity index (χ2n) is 6.81. The van der Waals surface area contributed by atoms with Gasteiger partial charge >= 0.3 is 0 Å². The molecule has 1 amide bonds. The fraction of sp³-hybridized carbons (Fsp3) is 0.263. The smallest absolute Gasteiger partial charge is 0.278 e. The maximum atomic E-state index is 12.4. The van der Waals surface area contributed by atoms with Gasteiger partial charge in [0, 0.05) is 23.1 Å². The van der Waals surface area contributed by atoms with Crippen LogP contribution >= 0.6 is 0 Å². The first-order valence-corrected chi connectivity index (χ1v) is 8.76. The zero-order valence-corrected chi connectivity index (χ0v) is 15.1. The normalized spacial score (nSPS) is 12.5. The first kappa shape index (κ1) is 17.0. The molecule has 0 saturated carbocycles. The highest BCUT2D eigenvalue weighted by molar-refractivity contribution is 5.84. The van der Waals surface area contributed by atoms with Crippen LogP contribution in [0.5, 0.6) is 0 Å². The van der Waals surface area contributed by atoms with Gasteiger partial charge in [-0.05, 0) is 38.0 Å². The number of nitrogens with one attached hydrogen (secondary N) is 3. The summed E-state index contributed by atoms with van der Waals surface area (Å²) in [4.78, 5) is 38.0. The molecule has 0 aliphatic carbocycles. The van der Waals surface area contributed by atoms with Crippen LogP contribution in [0.3, 0.4) is 0 Å². The minimum Gasteiger partial charge on any atom is -0.361 e. The highest BCUT2D eigenvalue weighted by Gasteiger charge is 2.14. The summed E-state index contributed by atoms with van der Waals surface area (Å²) < 4.78 is 1.57. The van der Waals surface area contributed by atoms with Crippen molar-refractivity contribution in [3.63, 3.8) is 0 Å². The van der Waals surface area contributed by atoms with E-state index >= 15 is 0 Å². The number of nitrogens with zero attached hydrogens (tertiary/aromatic N) is 3. The fourth-order valence-corrected chi connectivity index (χ4v) is 3.32. The van der Waals surface area contributed by atoms with Crippen LogP contribution in [0.4, 0.5) is 0 Å². The molecule has 1 unspecified atom stereocenters. The van der Waals surface area contributed by atoms with Gasteiger partial charge in [-0.1, -0.05) is 11.6 Å². The summed E-state index contributed by atoms with van der Waals surface area (Å²) in [6.07, 6.45) is 5.48. The van der Waals surface area contributed by atoms with Gasteiger partial charge in [0.1, 0.15) is 6.54 Å². The van der Waals surface area contributed by atoms with E-state index in [1.54, 1.807) is 4.57 Å². The third kappa shape index (κ3) is 3.33. The Morgan fingerprint density at radius 3 is 3.00 bits per heavy atom. The largest absolute Gasteiger partial charge is 0.361 e. The molecule has 0 saturated heterocycles. The number of hydrogen-bond acceptors (Lipinski definition) is 4. The second-order valence-corrected chi connectivity index (χ2v) is 6.81. The average Bonchev–Trinajstić information content (AvgIpc) is 3.20. The number of rotatable bonds is 5. The van der Waals surface area contributed by atoms with Crippen molar-refractivity contribution in [2.75, 3.05) is 0 Å². The topological polar surface area (TPSA) is 108 Å². The number of aryl methyl sites for hydroxylation is 1. The number of amides is 1. The number of carbonyl (C=O) groups excluding carboxylic acids is 1. The SMILES string of the molecule is Cc1ccc2[nH]cc(CC(C)NC(=O)Cn3cnc4c(=O)[nH]cnc43)c2c1. The van der Waals surface area contributed by atoms with Crippen LogP contribution in [-0.4, -0.2) is 36.5 Å². The Morgan fingerprint density at radius 2 is 2.15 bits per heavy atom. The maximum Gasteiger partial charge on any atom is 0.278 e. The average molecular weight is 364 g/mol. The summed E-state index contributed by atoms with van der Waals surface area (Å²) in [5.74, 6) is -0.153. The van der Waals surface area contributed by atoms with Crippen LogP contribution in [0.25, 0.3) is 22.1 Å². The number of aromatic amines is 2. The molecule has 8 nitrogen and oxygen atoms in total. The first-order chi connectivity index (χ1) is 13.0. The lowest BCUT2D eigenvalue weighted by Gasteiger charge is -2.14. The van der Waals surface area contributed by atoms with Gasteiger partial charge in [0.25, 0.3) is 5.56 Å². The third-order valence-electron chi connectivity index (χ3n) is 4.58. The van der Waals surface area contributed by atoms with E-state index in [9.17, 15) is 9.59 Å². The van der Waals surface area contributed by atoms with Crippen molar-refractivity contribution < 1.29 is 4.79 Å². The predicted molar refractivity (Wildman–Crippen MR) is 102 cm³/mol. The molecule has 3 aromatic heterocycles. The molecule has 27 heavy (non-hydrogen) atoms. The molecule has 4 aromatic rings. The Balaban J connectivity index is 1.45. The van der Waals surface area contributed by atoms with E-state index in [1.165, 1.54) is 29.2 Å². The van der Waals surface area contributed by atoms with Gasteiger partial charge in [-0.15, -0.1) is 0 Å². The lowest BCUT2D eigenvalue weighted by molar-refractivity contribution is -0.122. The van der Waals surface area contributed by atoms with Gasteiger partial charge < -0.3 is 19.9 Å². The van der Waals surface area contributed by atoms with E-state index in [2.05, 4.69) is 50.4 Å². The standard InChI is InChI=1S/C19H20N6O2/c1-11-3-4-15-14(5-11)13(7-20-15)6-12(2)24-16(26)8-25-10-23-17-18(25)21-9-22-19(17)27/h3-5,7,9-10,12,20H,6,8H2,1-2H3,(H,24,26)(H,21,22,27). The number of fused-ring (bicyclic) bond motifs is 2. The summed E-state index contributed by atoms with van der Waals surface area (Å²) in [6.45, 7) is 4.10. The second kappa shape index (κ2) is 6.71. The number of hydrogen-bond donors (Lipinski definition) is 3. The van der Waals surface area contributed by atoms with Gasteiger partial charge in [-0.2, -0.15) is 0 Å². The van der Waals surface area contributed by atoms with Crippen LogP contribution in [0.1, 0.15) is 18.1 Å². The third-order valence-corrected chi connectivity index (χ3v) is 4.58. The number of H-pyrrole nitrogens is 2. The Labute approximate surface area is 154 Å². The lowest BCUT2D eigenvalue weighted by Crippen LogP contribution is -2.36. The van der Waals surface area contributed by atoms with Gasteiger partial charge in [0.15, 0.2) is 11.2 Å². The summed E-state index contributed by atoms with van der Waals surface area (Å²) in [5.41, 5.74) is 3.77. The molecule has 3 N–H and O–H groups in total. The van der Waals surface area contributed by atoms with E-state index in [4.69, 9.17) is 0 Å². The Kier molecular flexibility index (Phi) is 4.23. The molecular formula is C19H20N6O2. The van der Waals surface area contributed by atoms with E-state index in [-0.39, 0.29) is 29.6 Å². The molecule has 0 aliphatic heterocycles. The summed E-state index contributed by atoms with van der Waals surface area (Å²) in [7, 11) is 0.